The van der Waals surface area contributed by atoms with Crippen LogP contribution in [0.5, 0.6) is 0 Å². The van der Waals surface area contributed by atoms with E-state index in [1.54, 1.807) is 5.43 Å². The van der Waals surface area contributed by atoms with E-state index >= 15 is 0 Å². The number of hydrogen-bond donors (Lipinski definition) is 3. The Morgan fingerprint density at radius 1 is 1.31 bits per heavy atom. The van der Waals surface area contributed by atoms with E-state index < -0.39 is 28.8 Å². The molecule has 0 aliphatic heterocycles. The molecule has 2 amide bonds. The Kier molecular flexibility index (Phi) is 5.77. The van der Waals surface area contributed by atoms with Crippen molar-refractivity contribution in [2.24, 2.45) is 5.10 Å². The number of nitrogens with zero attached hydrogens (tertiary/aromatic N) is 3. The second-order valence-electron chi connectivity index (χ2n) is 4.65. The van der Waals surface area contributed by atoms with E-state index in [9.17, 15) is 22.8 Å². The number of carbonyl (C=O) groups is 2. The zero-order valence-electron chi connectivity index (χ0n) is 12.8. The largest absolute Gasteiger partial charge is 0.464 e. The highest BCUT2D eigenvalue weighted by molar-refractivity contribution is 7.15. The van der Waals surface area contributed by atoms with Crippen LogP contribution in [0.4, 0.5) is 23.8 Å². The lowest BCUT2D eigenvalue weighted by atomic mass is 10.2. The first-order chi connectivity index (χ1) is 12.1. The highest BCUT2D eigenvalue weighted by atomic mass is 35.5. The van der Waals surface area contributed by atoms with Gasteiger partial charge >= 0.3 is 12.3 Å². The number of aromatic nitrogens is 2. The number of amides is 2. The van der Waals surface area contributed by atoms with Gasteiger partial charge in [0.1, 0.15) is 15.7 Å². The van der Waals surface area contributed by atoms with Gasteiger partial charge in [-0.1, -0.05) is 11.6 Å². The van der Waals surface area contributed by atoms with E-state index in [0.717, 1.165) is 17.5 Å². The number of pyridine rings is 1. The lowest BCUT2D eigenvalue weighted by molar-refractivity contribution is -0.137. The zero-order valence-corrected chi connectivity index (χ0v) is 14.3. The van der Waals surface area contributed by atoms with Crippen LogP contribution in [0.25, 0.3) is 0 Å². The van der Waals surface area contributed by atoms with Crippen molar-refractivity contribution in [3.8, 4) is 0 Å². The molecule has 2 rings (SSSR count). The molecule has 2 aromatic rings. The highest BCUT2D eigenvalue weighted by Crippen LogP contribution is 2.35. The molecule has 26 heavy (non-hydrogen) atoms. The molecule has 8 nitrogen and oxygen atoms in total. The summed E-state index contributed by atoms with van der Waals surface area (Å²) in [5, 5.41) is 13.9. The minimum absolute atomic E-state index is 0.0650. The minimum atomic E-state index is -4.69. The van der Waals surface area contributed by atoms with Gasteiger partial charge in [0.25, 0.3) is 5.91 Å². The van der Waals surface area contributed by atoms with Crippen molar-refractivity contribution in [3.63, 3.8) is 0 Å². The number of carboxylic acid groups (broad SMARTS) is 1. The molecule has 0 aliphatic carbocycles. The molecule has 3 N–H and O–H groups in total. The lowest BCUT2D eigenvalue weighted by Gasteiger charge is -2.10. The van der Waals surface area contributed by atoms with Crippen molar-refractivity contribution < 1.29 is 27.9 Å². The first-order valence-corrected chi connectivity index (χ1v) is 7.81. The summed E-state index contributed by atoms with van der Waals surface area (Å²) in [5.74, 6) is -1.07. The van der Waals surface area contributed by atoms with Gasteiger partial charge in [-0.05, 0) is 13.0 Å². The number of thiazole rings is 1. The third-order valence-corrected chi connectivity index (χ3v) is 4.17. The van der Waals surface area contributed by atoms with Gasteiger partial charge in [-0.2, -0.15) is 18.3 Å². The molecule has 2 heterocycles. The summed E-state index contributed by atoms with van der Waals surface area (Å²) in [7, 11) is 0. The van der Waals surface area contributed by atoms with Crippen molar-refractivity contribution in [2.45, 2.75) is 13.1 Å². The number of nitrogens with one attached hydrogen (secondary N) is 2. The Bertz CT molecular complexity index is 884. The summed E-state index contributed by atoms with van der Waals surface area (Å²) >= 11 is 6.33. The van der Waals surface area contributed by atoms with Crippen LogP contribution in [0.3, 0.4) is 0 Å². The molecular formula is C13H9ClF3N5O3S. The van der Waals surface area contributed by atoms with E-state index in [-0.39, 0.29) is 21.4 Å². The standard InChI is InChI=1S/C13H9ClF3N5O3S/c1-5(21-22-12(24)25)11-19-4-8(26-11)10(23)20-9-2-6(13(15,16)17)7(14)3-18-9/h2-4,22H,1H3,(H,24,25)(H,18,20,23). The fraction of sp³-hybridized carbons (Fsp3) is 0.154. The molecule has 0 aromatic carbocycles. The van der Waals surface area contributed by atoms with Crippen molar-refractivity contribution >= 4 is 46.5 Å². The van der Waals surface area contributed by atoms with Gasteiger partial charge in [0.15, 0.2) is 0 Å². The minimum Gasteiger partial charge on any atom is -0.464 e. The molecular weight excluding hydrogens is 399 g/mol. The van der Waals surface area contributed by atoms with Crippen LogP contribution >= 0.6 is 22.9 Å². The molecule has 2 aromatic heterocycles. The van der Waals surface area contributed by atoms with Gasteiger partial charge in [-0.15, -0.1) is 11.3 Å². The molecule has 13 heteroatoms. The number of hydrazone groups is 1. The number of carbonyl (C=O) groups excluding carboxylic acids is 1. The summed E-state index contributed by atoms with van der Waals surface area (Å²) in [5.41, 5.74) is 0.870. The van der Waals surface area contributed by atoms with E-state index in [4.69, 9.17) is 16.7 Å². The molecule has 138 valence electrons. The van der Waals surface area contributed by atoms with Gasteiger partial charge in [0, 0.05) is 6.20 Å². The maximum atomic E-state index is 12.8. The second kappa shape index (κ2) is 7.66. The quantitative estimate of drug-likeness (QED) is 0.530. The maximum Gasteiger partial charge on any atom is 0.425 e. The van der Waals surface area contributed by atoms with Gasteiger partial charge in [-0.25, -0.2) is 20.2 Å². The Hall–Kier alpha value is -2.73. The first kappa shape index (κ1) is 19.6. The molecule has 0 spiro atoms. The molecule has 0 aliphatic rings. The molecule has 0 radical (unpaired) electrons. The summed E-state index contributed by atoms with van der Waals surface area (Å²) in [6.07, 6.45) is -4.10. The fourth-order valence-electron chi connectivity index (χ4n) is 1.63. The number of anilines is 1. The van der Waals surface area contributed by atoms with Gasteiger partial charge in [-0.3, -0.25) is 4.79 Å². The van der Waals surface area contributed by atoms with Crippen LogP contribution in [0, 0.1) is 0 Å². The molecule has 0 atom stereocenters. The maximum absolute atomic E-state index is 12.8. The predicted molar refractivity (Wildman–Crippen MR) is 87.7 cm³/mol. The van der Waals surface area contributed by atoms with Gasteiger partial charge < -0.3 is 10.4 Å². The first-order valence-electron chi connectivity index (χ1n) is 6.61. The van der Waals surface area contributed by atoms with Gasteiger partial charge in [0.2, 0.25) is 0 Å². The second-order valence-corrected chi connectivity index (χ2v) is 6.08. The SMILES string of the molecule is CC(=NNC(=O)O)c1ncc(C(=O)Nc2cc(C(F)(F)F)c(Cl)cn2)s1. The summed E-state index contributed by atoms with van der Waals surface area (Å²) < 4.78 is 38.5. The van der Waals surface area contributed by atoms with Crippen molar-refractivity contribution in [1.82, 2.24) is 15.4 Å². The molecule has 0 fully saturated rings. The number of rotatable bonds is 4. The number of alkyl halides is 3. The third kappa shape index (κ3) is 4.89. The van der Waals surface area contributed by atoms with Gasteiger partial charge in [0.05, 0.1) is 22.5 Å². The lowest BCUT2D eigenvalue weighted by Crippen LogP contribution is -2.16. The summed E-state index contributed by atoms with van der Waals surface area (Å²) in [6.45, 7) is 1.47. The average Bonchev–Trinajstić information content (AvgIpc) is 3.03. The Balaban J connectivity index is 2.16. The smallest absolute Gasteiger partial charge is 0.425 e. The highest BCUT2D eigenvalue weighted by Gasteiger charge is 2.34. The van der Waals surface area contributed by atoms with E-state index in [1.165, 1.54) is 13.1 Å². The Morgan fingerprint density at radius 2 is 2.00 bits per heavy atom. The van der Waals surface area contributed by atoms with E-state index in [2.05, 4.69) is 20.4 Å². The van der Waals surface area contributed by atoms with Crippen LogP contribution in [-0.4, -0.2) is 32.8 Å². The normalized spacial score (nSPS) is 12.0. The number of hydrogen-bond acceptors (Lipinski definition) is 6. The molecule has 0 saturated heterocycles. The number of halogens is 4. The Morgan fingerprint density at radius 3 is 2.62 bits per heavy atom. The average molecular weight is 408 g/mol. The van der Waals surface area contributed by atoms with Crippen LogP contribution in [0.15, 0.2) is 23.6 Å². The van der Waals surface area contributed by atoms with Crippen LogP contribution in [-0.2, 0) is 6.18 Å². The molecule has 0 bridgehead atoms. The van der Waals surface area contributed by atoms with Crippen molar-refractivity contribution in [2.75, 3.05) is 5.32 Å². The van der Waals surface area contributed by atoms with Crippen molar-refractivity contribution in [3.05, 3.63) is 38.9 Å². The van der Waals surface area contributed by atoms with Crippen molar-refractivity contribution in [1.29, 1.82) is 0 Å². The van der Waals surface area contributed by atoms with Crippen LogP contribution in [0.2, 0.25) is 5.02 Å². The molecule has 0 unspecified atom stereocenters. The molecule has 0 saturated carbocycles. The predicted octanol–water partition coefficient (Wildman–Crippen LogP) is 3.45. The summed E-state index contributed by atoms with van der Waals surface area (Å²) in [6, 6.07) is 0.617. The van der Waals surface area contributed by atoms with Crippen LogP contribution in [0.1, 0.15) is 27.2 Å². The van der Waals surface area contributed by atoms with E-state index in [1.807, 2.05) is 0 Å². The Labute approximate surface area is 152 Å². The summed E-state index contributed by atoms with van der Waals surface area (Å²) in [4.78, 5) is 30.1. The fourth-order valence-corrected chi connectivity index (χ4v) is 2.59. The van der Waals surface area contributed by atoms with E-state index in [0.29, 0.717) is 6.07 Å². The van der Waals surface area contributed by atoms with Crippen LogP contribution < -0.4 is 10.7 Å². The monoisotopic (exact) mass is 407 g/mol. The zero-order chi connectivity index (χ0) is 19.5. The third-order valence-electron chi connectivity index (χ3n) is 2.76. The topological polar surface area (TPSA) is 117 Å².